The van der Waals surface area contributed by atoms with Crippen molar-refractivity contribution < 1.29 is 4.79 Å². The fraction of sp³-hybridized carbons (Fsp3) is 0.182. The molecule has 26 heavy (non-hydrogen) atoms. The molecule has 132 valence electrons. The summed E-state index contributed by atoms with van der Waals surface area (Å²) < 4.78 is 1.94. The summed E-state index contributed by atoms with van der Waals surface area (Å²) in [6, 6.07) is 18.0. The van der Waals surface area contributed by atoms with Crippen molar-refractivity contribution in [3.63, 3.8) is 0 Å². The average Bonchev–Trinajstić information content (AvgIpc) is 2.90. The van der Waals surface area contributed by atoms with Gasteiger partial charge in [0.15, 0.2) is 0 Å². The molecule has 0 saturated carbocycles. The van der Waals surface area contributed by atoms with Crippen LogP contribution in [0, 0.1) is 20.8 Å². The molecule has 4 nitrogen and oxygen atoms in total. The van der Waals surface area contributed by atoms with Gasteiger partial charge in [0.05, 0.1) is 23.6 Å². The van der Waals surface area contributed by atoms with Gasteiger partial charge >= 0.3 is 0 Å². The molecule has 0 saturated heterocycles. The molecule has 0 atom stereocenters. The molecule has 0 radical (unpaired) electrons. The summed E-state index contributed by atoms with van der Waals surface area (Å²) in [7, 11) is 0. The maximum Gasteiger partial charge on any atom is 0.248 e. The van der Waals surface area contributed by atoms with Gasteiger partial charge in [0.1, 0.15) is 0 Å². The van der Waals surface area contributed by atoms with E-state index >= 15 is 0 Å². The van der Waals surface area contributed by atoms with Crippen LogP contribution in [-0.4, -0.2) is 15.7 Å². The van der Waals surface area contributed by atoms with Crippen LogP contribution in [0.3, 0.4) is 0 Å². The molecule has 1 amide bonds. The second-order valence-electron chi connectivity index (χ2n) is 6.36. The quantitative estimate of drug-likeness (QED) is 0.692. The van der Waals surface area contributed by atoms with Crippen LogP contribution in [0.5, 0.6) is 0 Å². The zero-order chi connectivity index (χ0) is 18.5. The van der Waals surface area contributed by atoms with Gasteiger partial charge in [-0.1, -0.05) is 54.6 Å². The van der Waals surface area contributed by atoms with E-state index in [9.17, 15) is 4.79 Å². The Labute approximate surface area is 154 Å². The van der Waals surface area contributed by atoms with Gasteiger partial charge in [0.2, 0.25) is 5.91 Å². The van der Waals surface area contributed by atoms with Gasteiger partial charge in [-0.3, -0.25) is 9.48 Å². The summed E-state index contributed by atoms with van der Waals surface area (Å²) in [5.41, 5.74) is 5.99. The smallest absolute Gasteiger partial charge is 0.248 e. The number of amides is 1. The van der Waals surface area contributed by atoms with Crippen molar-refractivity contribution >= 4 is 17.7 Å². The molecule has 4 heteroatoms. The molecule has 0 aliphatic heterocycles. The highest BCUT2D eigenvalue weighted by Crippen LogP contribution is 2.21. The van der Waals surface area contributed by atoms with Gasteiger partial charge in [0.25, 0.3) is 0 Å². The standard InChI is InChI=1S/C22H23N3O/c1-16-9-7-8-12-20(16)15-25-18(3)22(17(2)24-25)23-21(26)14-13-19-10-5-4-6-11-19/h4-14H,15H2,1-3H3,(H,23,26)/b14-13+. The molecule has 1 N–H and O–H groups in total. The summed E-state index contributed by atoms with van der Waals surface area (Å²) in [5, 5.41) is 7.56. The molecule has 2 aromatic carbocycles. The van der Waals surface area contributed by atoms with Crippen LogP contribution in [0.25, 0.3) is 6.08 Å². The minimum absolute atomic E-state index is 0.157. The van der Waals surface area contributed by atoms with Gasteiger partial charge < -0.3 is 5.32 Å². The van der Waals surface area contributed by atoms with E-state index in [1.54, 1.807) is 12.2 Å². The van der Waals surface area contributed by atoms with E-state index in [-0.39, 0.29) is 5.91 Å². The van der Waals surface area contributed by atoms with Gasteiger partial charge in [0, 0.05) is 6.08 Å². The summed E-state index contributed by atoms with van der Waals surface area (Å²) in [4.78, 5) is 12.3. The largest absolute Gasteiger partial charge is 0.319 e. The number of rotatable bonds is 5. The molecule has 3 aromatic rings. The Bertz CT molecular complexity index is 939. The van der Waals surface area contributed by atoms with Crippen molar-refractivity contribution in [1.29, 1.82) is 0 Å². The van der Waals surface area contributed by atoms with Crippen LogP contribution >= 0.6 is 0 Å². The maximum atomic E-state index is 12.3. The van der Waals surface area contributed by atoms with Crippen molar-refractivity contribution in [3.05, 3.63) is 88.8 Å². The van der Waals surface area contributed by atoms with E-state index in [0.29, 0.717) is 6.54 Å². The maximum absolute atomic E-state index is 12.3. The van der Waals surface area contributed by atoms with Gasteiger partial charge in [-0.25, -0.2) is 0 Å². The summed E-state index contributed by atoms with van der Waals surface area (Å²) in [6.45, 7) is 6.68. The zero-order valence-electron chi connectivity index (χ0n) is 15.4. The average molecular weight is 345 g/mol. The van der Waals surface area contributed by atoms with E-state index in [4.69, 9.17) is 0 Å². The van der Waals surface area contributed by atoms with E-state index in [0.717, 1.165) is 22.6 Å². The van der Waals surface area contributed by atoms with Crippen LogP contribution in [0.2, 0.25) is 0 Å². The number of nitrogens with zero attached hydrogens (tertiary/aromatic N) is 2. The molecule has 0 bridgehead atoms. The lowest BCUT2D eigenvalue weighted by Crippen LogP contribution is -2.10. The summed E-state index contributed by atoms with van der Waals surface area (Å²) in [6.07, 6.45) is 3.35. The van der Waals surface area contributed by atoms with E-state index in [1.165, 1.54) is 11.1 Å². The number of carbonyl (C=O) groups excluding carboxylic acids is 1. The molecule has 0 aliphatic carbocycles. The molecule has 0 unspecified atom stereocenters. The number of hydrogen-bond donors (Lipinski definition) is 1. The third-order valence-electron chi connectivity index (χ3n) is 4.44. The first kappa shape index (κ1) is 17.7. The van der Waals surface area contributed by atoms with E-state index < -0.39 is 0 Å². The Hall–Kier alpha value is -3.14. The molecule has 1 heterocycles. The van der Waals surface area contributed by atoms with Gasteiger partial charge in [-0.05, 0) is 43.5 Å². The lowest BCUT2D eigenvalue weighted by molar-refractivity contribution is -0.111. The first-order chi connectivity index (χ1) is 12.5. The monoisotopic (exact) mass is 345 g/mol. The van der Waals surface area contributed by atoms with Gasteiger partial charge in [-0.15, -0.1) is 0 Å². The minimum Gasteiger partial charge on any atom is -0.319 e. The van der Waals surface area contributed by atoms with E-state index in [2.05, 4.69) is 29.5 Å². The first-order valence-electron chi connectivity index (χ1n) is 8.67. The number of carbonyl (C=O) groups is 1. The number of benzene rings is 2. The van der Waals surface area contributed by atoms with Crippen LogP contribution in [0.1, 0.15) is 28.1 Å². The van der Waals surface area contributed by atoms with Crippen molar-refractivity contribution in [2.45, 2.75) is 27.3 Å². The molecule has 0 aliphatic rings. The van der Waals surface area contributed by atoms with Crippen molar-refractivity contribution in [2.75, 3.05) is 5.32 Å². The highest BCUT2D eigenvalue weighted by molar-refractivity contribution is 6.02. The molecule has 3 rings (SSSR count). The van der Waals surface area contributed by atoms with Crippen LogP contribution in [-0.2, 0) is 11.3 Å². The Kier molecular flexibility index (Phi) is 5.32. The lowest BCUT2D eigenvalue weighted by atomic mass is 10.1. The van der Waals surface area contributed by atoms with Crippen molar-refractivity contribution in [2.24, 2.45) is 0 Å². The van der Waals surface area contributed by atoms with Crippen molar-refractivity contribution in [1.82, 2.24) is 9.78 Å². The number of hydrogen-bond acceptors (Lipinski definition) is 2. The highest BCUT2D eigenvalue weighted by atomic mass is 16.1. The number of nitrogens with one attached hydrogen (secondary N) is 1. The van der Waals surface area contributed by atoms with Crippen LogP contribution in [0.4, 0.5) is 5.69 Å². The second-order valence-corrected chi connectivity index (χ2v) is 6.36. The van der Waals surface area contributed by atoms with Gasteiger partial charge in [-0.2, -0.15) is 5.10 Å². The fourth-order valence-electron chi connectivity index (χ4n) is 2.88. The topological polar surface area (TPSA) is 46.9 Å². The Morgan fingerprint density at radius 2 is 1.73 bits per heavy atom. The predicted octanol–water partition coefficient (Wildman–Crippen LogP) is 4.51. The third kappa shape index (κ3) is 4.09. The molecule has 0 spiro atoms. The fourth-order valence-corrected chi connectivity index (χ4v) is 2.88. The SMILES string of the molecule is Cc1ccccc1Cn1nc(C)c(NC(=O)/C=C/c2ccccc2)c1C. The number of anilines is 1. The van der Waals surface area contributed by atoms with Crippen molar-refractivity contribution in [3.8, 4) is 0 Å². The molecule has 0 fully saturated rings. The lowest BCUT2D eigenvalue weighted by Gasteiger charge is -2.08. The molecular weight excluding hydrogens is 322 g/mol. The number of aromatic nitrogens is 2. The van der Waals surface area contributed by atoms with Crippen LogP contribution in [0.15, 0.2) is 60.7 Å². The second kappa shape index (κ2) is 7.83. The Morgan fingerprint density at radius 3 is 2.46 bits per heavy atom. The number of aryl methyl sites for hydroxylation is 2. The highest BCUT2D eigenvalue weighted by Gasteiger charge is 2.13. The third-order valence-corrected chi connectivity index (χ3v) is 4.44. The normalized spacial score (nSPS) is 11.0. The Balaban J connectivity index is 1.75. The molecular formula is C22H23N3O. The zero-order valence-corrected chi connectivity index (χ0v) is 15.4. The molecule has 1 aromatic heterocycles. The summed E-state index contributed by atoms with van der Waals surface area (Å²) in [5.74, 6) is -0.157. The first-order valence-corrected chi connectivity index (χ1v) is 8.67. The van der Waals surface area contributed by atoms with Crippen LogP contribution < -0.4 is 5.32 Å². The minimum atomic E-state index is -0.157. The summed E-state index contributed by atoms with van der Waals surface area (Å²) >= 11 is 0. The van der Waals surface area contributed by atoms with E-state index in [1.807, 2.05) is 61.0 Å². The predicted molar refractivity (Wildman–Crippen MR) is 106 cm³/mol. The Morgan fingerprint density at radius 1 is 1.04 bits per heavy atom.